The van der Waals surface area contributed by atoms with E-state index < -0.39 is 12.0 Å². The second kappa shape index (κ2) is 9.11. The van der Waals surface area contributed by atoms with Crippen LogP contribution in [-0.4, -0.2) is 46.3 Å². The fourth-order valence-corrected chi connectivity index (χ4v) is 3.53. The molecule has 0 bridgehead atoms. The third kappa shape index (κ3) is 4.44. The first-order valence-electron chi connectivity index (χ1n) is 9.83. The lowest BCUT2D eigenvalue weighted by Crippen LogP contribution is -2.45. The van der Waals surface area contributed by atoms with Gasteiger partial charge in [0.05, 0.1) is 18.9 Å². The van der Waals surface area contributed by atoms with Crippen molar-refractivity contribution in [3.05, 3.63) is 46.7 Å². The SMILES string of the molecule is CCOC(=O)c1c(C)c(C(=O)C(C)N(CC(C)C)C(=O)c2ccco2)c(C)n1C. The summed E-state index contributed by atoms with van der Waals surface area (Å²) in [6.07, 6.45) is 1.43. The number of carbonyl (C=O) groups is 3. The number of carbonyl (C=O) groups excluding carboxylic acids is 3. The van der Waals surface area contributed by atoms with Crippen molar-refractivity contribution < 1.29 is 23.5 Å². The Labute approximate surface area is 171 Å². The van der Waals surface area contributed by atoms with Gasteiger partial charge in [0.25, 0.3) is 5.91 Å². The summed E-state index contributed by atoms with van der Waals surface area (Å²) in [7, 11) is 1.73. The topological polar surface area (TPSA) is 81.8 Å². The number of esters is 1. The van der Waals surface area contributed by atoms with Gasteiger partial charge in [0.1, 0.15) is 5.69 Å². The van der Waals surface area contributed by atoms with Crippen LogP contribution in [0.3, 0.4) is 0 Å². The van der Waals surface area contributed by atoms with Gasteiger partial charge in [0.15, 0.2) is 11.5 Å². The quantitative estimate of drug-likeness (QED) is 0.496. The zero-order valence-electron chi connectivity index (χ0n) is 18.2. The molecule has 29 heavy (non-hydrogen) atoms. The van der Waals surface area contributed by atoms with E-state index in [0.717, 1.165) is 0 Å². The number of hydrogen-bond donors (Lipinski definition) is 0. The maximum Gasteiger partial charge on any atom is 0.355 e. The molecule has 0 saturated heterocycles. The van der Waals surface area contributed by atoms with Gasteiger partial charge in [-0.2, -0.15) is 0 Å². The molecule has 1 atom stereocenters. The summed E-state index contributed by atoms with van der Waals surface area (Å²) in [4.78, 5) is 40.3. The van der Waals surface area contributed by atoms with Crippen LogP contribution in [0.25, 0.3) is 0 Å². The van der Waals surface area contributed by atoms with Gasteiger partial charge in [0.2, 0.25) is 0 Å². The molecular formula is C22H30N2O5. The monoisotopic (exact) mass is 402 g/mol. The van der Waals surface area contributed by atoms with E-state index in [0.29, 0.717) is 29.1 Å². The van der Waals surface area contributed by atoms with Crippen LogP contribution in [0.1, 0.15) is 70.4 Å². The molecule has 2 heterocycles. The molecule has 0 N–H and O–H groups in total. The first-order chi connectivity index (χ1) is 13.6. The first-order valence-corrected chi connectivity index (χ1v) is 9.83. The molecule has 7 heteroatoms. The average molecular weight is 402 g/mol. The molecule has 0 aliphatic carbocycles. The van der Waals surface area contributed by atoms with Crippen LogP contribution in [0.5, 0.6) is 0 Å². The van der Waals surface area contributed by atoms with Gasteiger partial charge in [-0.1, -0.05) is 13.8 Å². The van der Waals surface area contributed by atoms with Crippen LogP contribution in [-0.2, 0) is 11.8 Å². The minimum atomic E-state index is -0.718. The van der Waals surface area contributed by atoms with E-state index in [1.807, 2.05) is 13.8 Å². The first kappa shape index (κ1) is 22.5. The number of rotatable bonds is 8. The van der Waals surface area contributed by atoms with Crippen molar-refractivity contribution in [3.8, 4) is 0 Å². The molecule has 0 saturated carbocycles. The highest BCUT2D eigenvalue weighted by atomic mass is 16.5. The smallest absolute Gasteiger partial charge is 0.355 e. The van der Waals surface area contributed by atoms with E-state index in [2.05, 4.69) is 0 Å². The summed E-state index contributed by atoms with van der Waals surface area (Å²) in [5, 5.41) is 0. The van der Waals surface area contributed by atoms with E-state index in [4.69, 9.17) is 9.15 Å². The Bertz CT molecular complexity index is 893. The Kier molecular flexibility index (Phi) is 7.06. The van der Waals surface area contributed by atoms with Crippen molar-refractivity contribution >= 4 is 17.7 Å². The molecule has 0 spiro atoms. The van der Waals surface area contributed by atoms with Crippen LogP contribution < -0.4 is 0 Å². The fourth-order valence-electron chi connectivity index (χ4n) is 3.53. The molecule has 0 aromatic carbocycles. The van der Waals surface area contributed by atoms with Crippen molar-refractivity contribution in [2.75, 3.05) is 13.2 Å². The van der Waals surface area contributed by atoms with Gasteiger partial charge in [-0.3, -0.25) is 9.59 Å². The number of nitrogens with zero attached hydrogens (tertiary/aromatic N) is 2. The summed E-state index contributed by atoms with van der Waals surface area (Å²) >= 11 is 0. The zero-order valence-corrected chi connectivity index (χ0v) is 18.2. The van der Waals surface area contributed by atoms with Crippen LogP contribution in [0, 0.1) is 19.8 Å². The second-order valence-electron chi connectivity index (χ2n) is 7.58. The maximum atomic E-state index is 13.4. The van der Waals surface area contributed by atoms with Crippen molar-refractivity contribution in [3.63, 3.8) is 0 Å². The molecule has 0 aliphatic heterocycles. The van der Waals surface area contributed by atoms with Crippen LogP contribution in [0.15, 0.2) is 22.8 Å². The highest BCUT2D eigenvalue weighted by Crippen LogP contribution is 2.25. The van der Waals surface area contributed by atoms with Crippen LogP contribution >= 0.6 is 0 Å². The predicted molar refractivity (Wildman–Crippen MR) is 109 cm³/mol. The Morgan fingerprint density at radius 1 is 1.21 bits per heavy atom. The van der Waals surface area contributed by atoms with Gasteiger partial charge in [-0.15, -0.1) is 0 Å². The van der Waals surface area contributed by atoms with E-state index >= 15 is 0 Å². The summed E-state index contributed by atoms with van der Waals surface area (Å²) < 4.78 is 12.1. The summed E-state index contributed by atoms with van der Waals surface area (Å²) in [5.74, 6) is -0.655. The van der Waals surface area contributed by atoms with Gasteiger partial charge in [-0.25, -0.2) is 4.79 Å². The maximum absolute atomic E-state index is 13.4. The lowest BCUT2D eigenvalue weighted by molar-refractivity contribution is 0.0513. The average Bonchev–Trinajstić information content (AvgIpc) is 3.26. The molecular weight excluding hydrogens is 372 g/mol. The van der Waals surface area contributed by atoms with Crippen molar-refractivity contribution in [2.45, 2.75) is 47.6 Å². The van der Waals surface area contributed by atoms with E-state index in [-0.39, 0.29) is 30.0 Å². The van der Waals surface area contributed by atoms with Crippen LogP contribution in [0.2, 0.25) is 0 Å². The van der Waals surface area contributed by atoms with E-state index in [1.54, 1.807) is 51.4 Å². The highest BCUT2D eigenvalue weighted by molar-refractivity contribution is 6.07. The standard InChI is InChI=1S/C22H30N2O5/c1-8-28-22(27)19-14(4)18(15(5)23(19)7)20(25)16(6)24(12-13(2)3)21(26)17-10-9-11-29-17/h9-11,13,16H,8,12H2,1-7H3. The highest BCUT2D eigenvalue weighted by Gasteiger charge is 2.33. The van der Waals surface area contributed by atoms with Crippen molar-refractivity contribution in [1.82, 2.24) is 9.47 Å². The van der Waals surface area contributed by atoms with Crippen molar-refractivity contribution in [1.29, 1.82) is 0 Å². The molecule has 0 fully saturated rings. The number of furan rings is 1. The minimum absolute atomic E-state index is 0.164. The zero-order chi connectivity index (χ0) is 21.9. The van der Waals surface area contributed by atoms with Gasteiger partial charge < -0.3 is 18.6 Å². The molecule has 0 radical (unpaired) electrons. The molecule has 1 unspecified atom stereocenters. The summed E-state index contributed by atoms with van der Waals surface area (Å²) in [6, 6.07) is 2.51. The molecule has 2 aromatic heterocycles. The van der Waals surface area contributed by atoms with E-state index in [9.17, 15) is 14.4 Å². The number of aromatic nitrogens is 1. The molecule has 1 amide bonds. The van der Waals surface area contributed by atoms with Crippen molar-refractivity contribution in [2.24, 2.45) is 13.0 Å². The number of amides is 1. The third-order valence-electron chi connectivity index (χ3n) is 5.05. The summed E-state index contributed by atoms with van der Waals surface area (Å²) in [5.41, 5.74) is 2.03. The number of Topliss-reactive ketones (excluding diaryl/α,β-unsaturated/α-hetero) is 1. The predicted octanol–water partition coefficient (Wildman–Crippen LogP) is 3.78. The largest absolute Gasteiger partial charge is 0.461 e. The second-order valence-corrected chi connectivity index (χ2v) is 7.58. The fraction of sp³-hybridized carbons (Fsp3) is 0.500. The third-order valence-corrected chi connectivity index (χ3v) is 5.05. The number of ketones is 1. The Morgan fingerprint density at radius 2 is 1.86 bits per heavy atom. The van der Waals surface area contributed by atoms with Crippen LogP contribution in [0.4, 0.5) is 0 Å². The molecule has 158 valence electrons. The molecule has 2 rings (SSSR count). The lowest BCUT2D eigenvalue weighted by atomic mass is 9.99. The lowest BCUT2D eigenvalue weighted by Gasteiger charge is -2.29. The number of hydrogen-bond acceptors (Lipinski definition) is 5. The molecule has 2 aromatic rings. The minimum Gasteiger partial charge on any atom is -0.461 e. The normalized spacial score (nSPS) is 12.1. The molecule has 0 aliphatic rings. The Balaban J connectivity index is 2.44. The Morgan fingerprint density at radius 3 is 2.38 bits per heavy atom. The summed E-state index contributed by atoms with van der Waals surface area (Å²) in [6.45, 7) is 11.6. The van der Waals surface area contributed by atoms with Gasteiger partial charge in [0, 0.05) is 24.8 Å². The van der Waals surface area contributed by atoms with E-state index in [1.165, 1.54) is 11.2 Å². The molecule has 7 nitrogen and oxygen atoms in total. The Hall–Kier alpha value is -2.83. The van der Waals surface area contributed by atoms with Gasteiger partial charge in [-0.05, 0) is 51.3 Å². The van der Waals surface area contributed by atoms with Gasteiger partial charge >= 0.3 is 5.97 Å². The number of ether oxygens (including phenoxy) is 1.